The largest absolute Gasteiger partial charge is 0.493 e. The van der Waals surface area contributed by atoms with Gasteiger partial charge in [0.1, 0.15) is 38.3 Å². The third kappa shape index (κ3) is 5.60. The normalized spacial score (nSPS) is 21.5. The molecule has 0 spiro atoms. The molecule has 1 heterocycles. The molecule has 0 bridgehead atoms. The van der Waals surface area contributed by atoms with E-state index in [2.05, 4.69) is 17.5 Å². The van der Waals surface area contributed by atoms with Gasteiger partial charge in [0.05, 0.1) is 20.3 Å². The van der Waals surface area contributed by atoms with Crippen LogP contribution in [0.5, 0.6) is 11.5 Å². The topological polar surface area (TPSA) is 80.2 Å². The highest BCUT2D eigenvalue weighted by Gasteiger charge is 2.32. The molecule has 1 aliphatic rings. The van der Waals surface area contributed by atoms with Gasteiger partial charge in [0.2, 0.25) is 0 Å². The number of rotatable bonds is 8. The number of methoxy groups -OCH3 is 2. The van der Waals surface area contributed by atoms with E-state index < -0.39 is 5.54 Å². The molecule has 28 heavy (non-hydrogen) atoms. The molecule has 0 saturated carbocycles. The molecule has 2 rings (SSSR count). The maximum atomic E-state index is 12.4. The second kappa shape index (κ2) is 9.76. The Hall–Kier alpha value is -2.30. The minimum atomic E-state index is -0.809. The Labute approximate surface area is 168 Å². The molecular formula is C21H34N4O3+2. The molecule has 3 N–H and O–H groups in total. The summed E-state index contributed by atoms with van der Waals surface area (Å²) in [7, 11) is 3.29. The van der Waals surface area contributed by atoms with Crippen LogP contribution < -0.4 is 24.6 Å². The van der Waals surface area contributed by atoms with Crippen LogP contribution in [0.4, 0.5) is 0 Å². The van der Waals surface area contributed by atoms with E-state index in [1.165, 1.54) is 15.4 Å². The SMILES string of the molecule is COc1ccc(C[NH+]2CC[NH+](CC(=O)N[C@@](C)(C#N)C(C)C)CC2)cc1OC. The molecule has 7 heteroatoms. The second-order valence-electron chi connectivity index (χ2n) is 8.06. The number of hydrogen-bond acceptors (Lipinski definition) is 4. The lowest BCUT2D eigenvalue weighted by atomic mass is 9.90. The van der Waals surface area contributed by atoms with Crippen molar-refractivity contribution in [3.05, 3.63) is 23.8 Å². The highest BCUT2D eigenvalue weighted by Crippen LogP contribution is 2.27. The molecule has 0 aromatic heterocycles. The maximum absolute atomic E-state index is 12.4. The smallest absolute Gasteiger partial charge is 0.276 e. The number of amides is 1. The van der Waals surface area contributed by atoms with Gasteiger partial charge in [-0.3, -0.25) is 4.79 Å². The van der Waals surface area contributed by atoms with Crippen LogP contribution in [0.3, 0.4) is 0 Å². The molecule has 0 unspecified atom stereocenters. The minimum Gasteiger partial charge on any atom is -0.493 e. The Balaban J connectivity index is 1.83. The van der Waals surface area contributed by atoms with Crippen molar-refractivity contribution in [3.63, 3.8) is 0 Å². The number of hydrogen-bond donors (Lipinski definition) is 3. The van der Waals surface area contributed by atoms with Crippen LogP contribution in [0.1, 0.15) is 26.3 Å². The summed E-state index contributed by atoms with van der Waals surface area (Å²) in [5, 5.41) is 12.3. The fraction of sp³-hybridized carbons (Fsp3) is 0.619. The zero-order valence-electron chi connectivity index (χ0n) is 17.7. The Morgan fingerprint density at radius 3 is 2.32 bits per heavy atom. The summed E-state index contributed by atoms with van der Waals surface area (Å²) in [5.41, 5.74) is 0.410. The summed E-state index contributed by atoms with van der Waals surface area (Å²) in [6.45, 7) is 11.0. The molecule has 1 aliphatic heterocycles. The molecule has 1 aromatic rings. The molecular weight excluding hydrogens is 356 g/mol. The van der Waals surface area contributed by atoms with E-state index in [0.717, 1.165) is 44.2 Å². The van der Waals surface area contributed by atoms with Crippen molar-refractivity contribution in [2.45, 2.75) is 32.9 Å². The van der Waals surface area contributed by atoms with Crippen molar-refractivity contribution in [3.8, 4) is 17.6 Å². The number of nitriles is 1. The van der Waals surface area contributed by atoms with Crippen molar-refractivity contribution in [1.82, 2.24) is 5.32 Å². The first-order valence-corrected chi connectivity index (χ1v) is 9.91. The molecule has 0 aliphatic carbocycles. The first kappa shape index (κ1) is 22.0. The Bertz CT molecular complexity index is 708. The zero-order valence-corrected chi connectivity index (χ0v) is 17.7. The third-order valence-corrected chi connectivity index (χ3v) is 5.76. The molecule has 1 amide bonds. The van der Waals surface area contributed by atoms with E-state index in [1.807, 2.05) is 26.0 Å². The van der Waals surface area contributed by atoms with Crippen LogP contribution in [-0.4, -0.2) is 58.4 Å². The quantitative estimate of drug-likeness (QED) is 0.534. The van der Waals surface area contributed by atoms with Crippen molar-refractivity contribution in [2.75, 3.05) is 46.9 Å². The predicted octanol–water partition coefficient (Wildman–Crippen LogP) is -0.958. The fourth-order valence-corrected chi connectivity index (χ4v) is 3.45. The van der Waals surface area contributed by atoms with Crippen LogP contribution in [-0.2, 0) is 11.3 Å². The number of ether oxygens (including phenoxy) is 2. The summed E-state index contributed by atoms with van der Waals surface area (Å²) in [5.74, 6) is 1.52. The maximum Gasteiger partial charge on any atom is 0.276 e. The highest BCUT2D eigenvalue weighted by molar-refractivity contribution is 5.78. The first-order chi connectivity index (χ1) is 13.3. The molecule has 1 atom stereocenters. The number of nitrogens with zero attached hydrogens (tertiary/aromatic N) is 1. The van der Waals surface area contributed by atoms with E-state index >= 15 is 0 Å². The number of carbonyl (C=O) groups excluding carboxylic acids is 1. The van der Waals surface area contributed by atoms with Crippen LogP contribution in [0.25, 0.3) is 0 Å². The van der Waals surface area contributed by atoms with Gasteiger partial charge in [0.15, 0.2) is 18.0 Å². The standard InChI is InChI=1S/C21H32N4O3/c1-16(2)21(3,15-22)23-20(26)14-25-10-8-24(9-11-25)13-17-6-7-18(27-4)19(12-17)28-5/h6-7,12,16H,8-11,13-14H2,1-5H3,(H,23,26)/p+2/t21-/m0/s1. The van der Waals surface area contributed by atoms with Gasteiger partial charge in [0.25, 0.3) is 5.91 Å². The minimum absolute atomic E-state index is 0.0453. The van der Waals surface area contributed by atoms with E-state index in [4.69, 9.17) is 9.47 Å². The third-order valence-electron chi connectivity index (χ3n) is 5.76. The molecule has 1 saturated heterocycles. The number of quaternary nitrogens is 2. The first-order valence-electron chi connectivity index (χ1n) is 9.91. The fourth-order valence-electron chi connectivity index (χ4n) is 3.45. The molecule has 0 radical (unpaired) electrons. The lowest BCUT2D eigenvalue weighted by Gasteiger charge is -2.31. The predicted molar refractivity (Wildman–Crippen MR) is 107 cm³/mol. The molecule has 154 valence electrons. The monoisotopic (exact) mass is 390 g/mol. The van der Waals surface area contributed by atoms with Gasteiger partial charge in [-0.1, -0.05) is 13.8 Å². The zero-order chi connectivity index (χ0) is 20.7. The van der Waals surface area contributed by atoms with Gasteiger partial charge in [0, 0.05) is 5.56 Å². The summed E-state index contributed by atoms with van der Waals surface area (Å²) in [6.07, 6.45) is 0. The lowest BCUT2D eigenvalue weighted by molar-refractivity contribution is -1.02. The summed E-state index contributed by atoms with van der Waals surface area (Å²) >= 11 is 0. The van der Waals surface area contributed by atoms with E-state index in [0.29, 0.717) is 6.54 Å². The summed E-state index contributed by atoms with van der Waals surface area (Å²) < 4.78 is 10.7. The van der Waals surface area contributed by atoms with Crippen molar-refractivity contribution in [1.29, 1.82) is 5.26 Å². The number of carbonyl (C=O) groups is 1. The van der Waals surface area contributed by atoms with Crippen molar-refractivity contribution in [2.24, 2.45) is 5.92 Å². The van der Waals surface area contributed by atoms with Crippen molar-refractivity contribution < 1.29 is 24.1 Å². The molecule has 1 aromatic carbocycles. The van der Waals surface area contributed by atoms with Gasteiger partial charge in [-0.25, -0.2) is 0 Å². The van der Waals surface area contributed by atoms with E-state index in [9.17, 15) is 10.1 Å². The van der Waals surface area contributed by atoms with Crippen LogP contribution in [0.15, 0.2) is 18.2 Å². The molecule has 1 fully saturated rings. The van der Waals surface area contributed by atoms with Crippen LogP contribution in [0.2, 0.25) is 0 Å². The summed E-state index contributed by atoms with van der Waals surface area (Å²) in [4.78, 5) is 15.2. The van der Waals surface area contributed by atoms with Gasteiger partial charge in [-0.2, -0.15) is 5.26 Å². The van der Waals surface area contributed by atoms with Crippen LogP contribution >= 0.6 is 0 Å². The Morgan fingerprint density at radius 1 is 1.18 bits per heavy atom. The Morgan fingerprint density at radius 2 is 1.79 bits per heavy atom. The van der Waals surface area contributed by atoms with Crippen LogP contribution in [0, 0.1) is 17.2 Å². The number of benzene rings is 1. The number of piperazine rings is 1. The highest BCUT2D eigenvalue weighted by atomic mass is 16.5. The van der Waals surface area contributed by atoms with Gasteiger partial charge in [-0.05, 0) is 31.0 Å². The van der Waals surface area contributed by atoms with Gasteiger partial charge in [-0.15, -0.1) is 0 Å². The van der Waals surface area contributed by atoms with Crippen molar-refractivity contribution >= 4 is 5.91 Å². The van der Waals surface area contributed by atoms with E-state index in [-0.39, 0.29) is 11.8 Å². The lowest BCUT2D eigenvalue weighted by Crippen LogP contribution is -3.28. The average Bonchev–Trinajstić information content (AvgIpc) is 2.69. The van der Waals surface area contributed by atoms with E-state index in [1.54, 1.807) is 21.1 Å². The second-order valence-corrected chi connectivity index (χ2v) is 8.06. The Kier molecular flexibility index (Phi) is 7.67. The summed E-state index contributed by atoms with van der Waals surface area (Å²) in [6, 6.07) is 8.29. The molecule has 7 nitrogen and oxygen atoms in total. The average molecular weight is 391 g/mol. The van der Waals surface area contributed by atoms with Gasteiger partial charge >= 0.3 is 0 Å². The number of nitrogens with one attached hydrogen (secondary N) is 3. The van der Waals surface area contributed by atoms with Gasteiger partial charge < -0.3 is 24.6 Å².